The third kappa shape index (κ3) is 4.18. The summed E-state index contributed by atoms with van der Waals surface area (Å²) in [5.74, 6) is 0.939. The fraction of sp³-hybridized carbons (Fsp3) is 0.643. The second-order valence-electron chi connectivity index (χ2n) is 4.79. The molecule has 0 bridgehead atoms. The summed E-state index contributed by atoms with van der Waals surface area (Å²) in [6.07, 6.45) is 2.89. The summed E-state index contributed by atoms with van der Waals surface area (Å²) in [4.78, 5) is 0. The first-order valence-corrected chi connectivity index (χ1v) is 6.72. The molecule has 0 aliphatic heterocycles. The summed E-state index contributed by atoms with van der Waals surface area (Å²) in [6, 6.07) is 2.18. The molecule has 1 atom stereocenters. The Morgan fingerprint density at radius 1 is 1.32 bits per heavy atom. The lowest BCUT2D eigenvalue weighted by molar-refractivity contribution is 0.255. The predicted molar refractivity (Wildman–Crippen MR) is 74.8 cm³/mol. The monoisotopic (exact) mass is 262 g/mol. The first kappa shape index (κ1) is 15.4. The molecule has 5 nitrogen and oxygen atoms in total. The molecule has 0 aliphatic carbocycles. The molecular weight excluding hydrogens is 240 g/mol. The van der Waals surface area contributed by atoms with Crippen molar-refractivity contribution in [3.63, 3.8) is 0 Å². The smallest absolute Gasteiger partial charge is 0.166 e. The Bertz CT molecular complexity index is 447. The number of nitriles is 1. The van der Waals surface area contributed by atoms with E-state index < -0.39 is 0 Å². The average Bonchev–Trinajstić information content (AvgIpc) is 2.40. The quantitative estimate of drug-likeness (QED) is 0.787. The van der Waals surface area contributed by atoms with Gasteiger partial charge in [-0.2, -0.15) is 10.4 Å². The highest BCUT2D eigenvalue weighted by molar-refractivity contribution is 5.55. The van der Waals surface area contributed by atoms with Crippen molar-refractivity contribution in [1.82, 2.24) is 10.2 Å². The van der Waals surface area contributed by atoms with Crippen LogP contribution in [0.3, 0.4) is 0 Å². The molecule has 2 N–H and O–H groups in total. The van der Waals surface area contributed by atoms with Crippen molar-refractivity contribution >= 4 is 5.82 Å². The minimum absolute atomic E-state index is 0.191. The molecule has 1 heterocycles. The molecule has 0 amide bonds. The molecule has 0 aliphatic rings. The van der Waals surface area contributed by atoms with Crippen LogP contribution in [0.1, 0.15) is 43.0 Å². The fourth-order valence-electron chi connectivity index (χ4n) is 2.05. The van der Waals surface area contributed by atoms with Crippen molar-refractivity contribution in [2.24, 2.45) is 5.92 Å². The van der Waals surface area contributed by atoms with Crippen molar-refractivity contribution in [2.45, 2.75) is 40.0 Å². The fourth-order valence-corrected chi connectivity index (χ4v) is 2.05. The van der Waals surface area contributed by atoms with Crippen molar-refractivity contribution in [2.75, 3.05) is 18.5 Å². The van der Waals surface area contributed by atoms with Crippen LogP contribution in [0.4, 0.5) is 5.82 Å². The van der Waals surface area contributed by atoms with E-state index in [4.69, 9.17) is 5.11 Å². The molecule has 0 spiro atoms. The normalized spacial score (nSPS) is 11.9. The van der Waals surface area contributed by atoms with E-state index in [9.17, 15) is 5.26 Å². The Morgan fingerprint density at radius 2 is 2.05 bits per heavy atom. The molecule has 0 fully saturated rings. The number of rotatable bonds is 7. The first-order chi connectivity index (χ1) is 9.13. The third-order valence-electron chi connectivity index (χ3n) is 3.36. The van der Waals surface area contributed by atoms with Crippen LogP contribution in [-0.4, -0.2) is 28.5 Å². The van der Waals surface area contributed by atoms with E-state index in [1.807, 2.05) is 13.8 Å². The maximum atomic E-state index is 9.20. The zero-order valence-corrected chi connectivity index (χ0v) is 11.9. The number of aliphatic hydroxyl groups is 1. The molecule has 104 valence electrons. The van der Waals surface area contributed by atoms with Gasteiger partial charge in [0.25, 0.3) is 0 Å². The standard InChI is InChI=1S/C14H22N4O/c1-4-5-12(6-7-19)9-16-14-13(8-15)10(2)11(3)17-18-14/h12,19H,4-7,9H2,1-3H3,(H,16,18). The number of anilines is 1. The summed E-state index contributed by atoms with van der Waals surface area (Å²) < 4.78 is 0. The van der Waals surface area contributed by atoms with E-state index in [0.717, 1.165) is 30.5 Å². The topological polar surface area (TPSA) is 81.8 Å². The Balaban J connectivity index is 2.77. The lowest BCUT2D eigenvalue weighted by Gasteiger charge is -2.17. The van der Waals surface area contributed by atoms with Crippen molar-refractivity contribution < 1.29 is 5.11 Å². The SMILES string of the molecule is CCCC(CCO)CNc1nnc(C)c(C)c1C#N. The molecule has 1 rings (SSSR count). The van der Waals surface area contributed by atoms with Crippen LogP contribution in [-0.2, 0) is 0 Å². The van der Waals surface area contributed by atoms with E-state index in [1.165, 1.54) is 0 Å². The maximum absolute atomic E-state index is 9.20. The molecule has 0 radical (unpaired) electrons. The second kappa shape index (κ2) is 7.70. The van der Waals surface area contributed by atoms with Gasteiger partial charge in [0.15, 0.2) is 5.82 Å². The highest BCUT2D eigenvalue weighted by Gasteiger charge is 2.13. The zero-order valence-electron chi connectivity index (χ0n) is 11.9. The summed E-state index contributed by atoms with van der Waals surface area (Å²) in [7, 11) is 0. The van der Waals surface area contributed by atoms with Crippen LogP contribution in [0.25, 0.3) is 0 Å². The highest BCUT2D eigenvalue weighted by atomic mass is 16.3. The van der Waals surface area contributed by atoms with Crippen LogP contribution in [0, 0.1) is 31.1 Å². The number of hydrogen-bond acceptors (Lipinski definition) is 5. The predicted octanol–water partition coefficient (Wildman–Crippen LogP) is 2.18. The Kier molecular flexibility index (Phi) is 6.23. The van der Waals surface area contributed by atoms with Gasteiger partial charge >= 0.3 is 0 Å². The number of aryl methyl sites for hydroxylation is 1. The largest absolute Gasteiger partial charge is 0.396 e. The molecule has 1 aromatic rings. The van der Waals surface area contributed by atoms with Gasteiger partial charge < -0.3 is 10.4 Å². The van der Waals surface area contributed by atoms with Gasteiger partial charge in [0.2, 0.25) is 0 Å². The van der Waals surface area contributed by atoms with Gasteiger partial charge in [-0.1, -0.05) is 13.3 Å². The van der Waals surface area contributed by atoms with Gasteiger partial charge in [-0.15, -0.1) is 5.10 Å². The molecule has 19 heavy (non-hydrogen) atoms. The Labute approximate surface area is 114 Å². The number of aliphatic hydroxyl groups excluding tert-OH is 1. The van der Waals surface area contributed by atoms with E-state index >= 15 is 0 Å². The minimum Gasteiger partial charge on any atom is -0.396 e. The van der Waals surface area contributed by atoms with Crippen molar-refractivity contribution in [3.05, 3.63) is 16.8 Å². The van der Waals surface area contributed by atoms with Crippen LogP contribution >= 0.6 is 0 Å². The average molecular weight is 262 g/mol. The number of nitrogens with one attached hydrogen (secondary N) is 1. The van der Waals surface area contributed by atoms with Gasteiger partial charge in [0.1, 0.15) is 11.6 Å². The van der Waals surface area contributed by atoms with Crippen LogP contribution in [0.2, 0.25) is 0 Å². The second-order valence-corrected chi connectivity index (χ2v) is 4.79. The van der Waals surface area contributed by atoms with Crippen LogP contribution in [0.5, 0.6) is 0 Å². The molecular formula is C14H22N4O. The molecule has 0 saturated heterocycles. The molecule has 5 heteroatoms. The highest BCUT2D eigenvalue weighted by Crippen LogP contribution is 2.18. The van der Waals surface area contributed by atoms with E-state index in [1.54, 1.807) is 0 Å². The van der Waals surface area contributed by atoms with Gasteiger partial charge in [-0.3, -0.25) is 0 Å². The van der Waals surface area contributed by atoms with E-state index in [2.05, 4.69) is 28.5 Å². The maximum Gasteiger partial charge on any atom is 0.166 e. The first-order valence-electron chi connectivity index (χ1n) is 6.72. The summed E-state index contributed by atoms with van der Waals surface area (Å²) in [5.41, 5.74) is 2.21. The number of aromatic nitrogens is 2. The van der Waals surface area contributed by atoms with Crippen molar-refractivity contribution in [3.8, 4) is 6.07 Å². The Morgan fingerprint density at radius 3 is 2.63 bits per heavy atom. The molecule has 0 aromatic carbocycles. The van der Waals surface area contributed by atoms with Gasteiger partial charge in [0.05, 0.1) is 5.69 Å². The zero-order chi connectivity index (χ0) is 14.3. The third-order valence-corrected chi connectivity index (χ3v) is 3.36. The number of nitrogens with zero attached hydrogens (tertiary/aromatic N) is 3. The Hall–Kier alpha value is -1.67. The summed E-state index contributed by atoms with van der Waals surface area (Å²) >= 11 is 0. The van der Waals surface area contributed by atoms with E-state index in [-0.39, 0.29) is 6.61 Å². The van der Waals surface area contributed by atoms with Gasteiger partial charge in [-0.05, 0) is 38.2 Å². The summed E-state index contributed by atoms with van der Waals surface area (Å²) in [6.45, 7) is 6.75. The van der Waals surface area contributed by atoms with Crippen molar-refractivity contribution in [1.29, 1.82) is 5.26 Å². The lowest BCUT2D eigenvalue weighted by Crippen LogP contribution is -2.18. The van der Waals surface area contributed by atoms with Gasteiger partial charge in [0, 0.05) is 13.2 Å². The van der Waals surface area contributed by atoms with E-state index in [0.29, 0.717) is 23.8 Å². The van der Waals surface area contributed by atoms with Crippen LogP contribution < -0.4 is 5.32 Å². The molecule has 1 unspecified atom stereocenters. The molecule has 1 aromatic heterocycles. The lowest BCUT2D eigenvalue weighted by atomic mass is 10.00. The molecule has 0 saturated carbocycles. The summed E-state index contributed by atoms with van der Waals surface area (Å²) in [5, 5.41) is 29.5. The number of hydrogen-bond donors (Lipinski definition) is 2. The minimum atomic E-state index is 0.191. The van der Waals surface area contributed by atoms with Crippen LogP contribution in [0.15, 0.2) is 0 Å². The van der Waals surface area contributed by atoms with Gasteiger partial charge in [-0.25, -0.2) is 0 Å².